The van der Waals surface area contributed by atoms with Crippen LogP contribution in [0.5, 0.6) is 0 Å². The van der Waals surface area contributed by atoms with Crippen molar-refractivity contribution in [1.29, 1.82) is 0 Å². The average Bonchev–Trinajstić information content (AvgIpc) is 3.15. The Morgan fingerprint density at radius 2 is 1.70 bits per heavy atom. The SMILES string of the molecule is CCCCCCCC(=O)C[C@@H]1CC[C@H]2C(C(=O)OC)=C(CCCCC)N=C(OC)N12. The van der Waals surface area contributed by atoms with Crippen LogP contribution in [0.2, 0.25) is 0 Å². The summed E-state index contributed by atoms with van der Waals surface area (Å²) < 4.78 is 10.7. The van der Waals surface area contributed by atoms with Crippen molar-refractivity contribution in [2.24, 2.45) is 4.99 Å². The van der Waals surface area contributed by atoms with Gasteiger partial charge in [0.1, 0.15) is 5.78 Å². The molecule has 2 heterocycles. The number of esters is 1. The Morgan fingerprint density at radius 3 is 2.37 bits per heavy atom. The smallest absolute Gasteiger partial charge is 0.337 e. The number of fused-ring (bicyclic) bond motifs is 1. The number of carbonyl (C=O) groups is 2. The summed E-state index contributed by atoms with van der Waals surface area (Å²) in [5.74, 6) is -0.0109. The van der Waals surface area contributed by atoms with Gasteiger partial charge in [0.2, 0.25) is 0 Å². The van der Waals surface area contributed by atoms with E-state index in [1.54, 1.807) is 7.11 Å². The monoisotopic (exact) mass is 420 g/mol. The maximum Gasteiger partial charge on any atom is 0.337 e. The first kappa shape index (κ1) is 24.4. The number of rotatable bonds is 13. The van der Waals surface area contributed by atoms with Crippen LogP contribution in [0.25, 0.3) is 0 Å². The van der Waals surface area contributed by atoms with E-state index in [4.69, 9.17) is 14.5 Å². The van der Waals surface area contributed by atoms with Gasteiger partial charge in [0.15, 0.2) is 0 Å². The van der Waals surface area contributed by atoms with Crippen LogP contribution in [0.1, 0.15) is 97.3 Å². The van der Waals surface area contributed by atoms with Crippen molar-refractivity contribution in [3.8, 4) is 0 Å². The Kier molecular flexibility index (Phi) is 10.4. The van der Waals surface area contributed by atoms with Gasteiger partial charge in [-0.3, -0.25) is 4.79 Å². The van der Waals surface area contributed by atoms with Gasteiger partial charge >= 0.3 is 5.97 Å². The molecule has 0 saturated carbocycles. The normalized spacial score (nSPS) is 20.8. The summed E-state index contributed by atoms with van der Waals surface area (Å²) in [6.45, 7) is 4.35. The number of unbranched alkanes of at least 4 members (excludes halogenated alkanes) is 6. The number of nitrogens with zero attached hydrogens (tertiary/aromatic N) is 2. The van der Waals surface area contributed by atoms with Gasteiger partial charge in [-0.05, 0) is 32.1 Å². The van der Waals surface area contributed by atoms with Gasteiger partial charge in [0, 0.05) is 18.9 Å². The minimum atomic E-state index is -0.307. The van der Waals surface area contributed by atoms with Crippen LogP contribution in [0.15, 0.2) is 16.3 Å². The van der Waals surface area contributed by atoms with Gasteiger partial charge < -0.3 is 14.4 Å². The Labute approximate surface area is 182 Å². The molecule has 0 aromatic carbocycles. The lowest BCUT2D eigenvalue weighted by atomic mass is 9.98. The standard InChI is InChI=1S/C24H40N2O4/c1-5-7-9-10-12-13-19(27)17-18-15-16-21-22(23(28)29-3)20(14-11-8-6-2)25-24(30-4)26(18)21/h18,21H,5-17H2,1-4H3/t18-,21-/m0/s1. The Balaban J connectivity index is 2.09. The topological polar surface area (TPSA) is 68.2 Å². The summed E-state index contributed by atoms with van der Waals surface area (Å²) >= 11 is 0. The number of hydrogen-bond acceptors (Lipinski definition) is 6. The van der Waals surface area contributed by atoms with Crippen LogP contribution in [0.4, 0.5) is 0 Å². The number of ether oxygens (including phenoxy) is 2. The van der Waals surface area contributed by atoms with Crippen molar-refractivity contribution in [1.82, 2.24) is 4.90 Å². The van der Waals surface area contributed by atoms with Gasteiger partial charge in [0.05, 0.1) is 31.5 Å². The highest BCUT2D eigenvalue weighted by molar-refractivity contribution is 5.94. The molecule has 2 aliphatic heterocycles. The van der Waals surface area contributed by atoms with E-state index in [0.717, 1.165) is 57.1 Å². The van der Waals surface area contributed by atoms with E-state index in [1.165, 1.54) is 26.4 Å². The highest BCUT2D eigenvalue weighted by Crippen LogP contribution is 2.38. The Hall–Kier alpha value is -1.85. The molecule has 0 radical (unpaired) electrons. The third-order valence-corrected chi connectivity index (χ3v) is 6.23. The van der Waals surface area contributed by atoms with Crippen molar-refractivity contribution in [3.05, 3.63) is 11.3 Å². The molecule has 2 atom stereocenters. The molecule has 2 aliphatic rings. The van der Waals surface area contributed by atoms with Crippen LogP contribution < -0.4 is 0 Å². The fourth-order valence-corrected chi connectivity index (χ4v) is 4.62. The predicted octanol–water partition coefficient (Wildman–Crippen LogP) is 5.16. The molecule has 0 aromatic rings. The zero-order valence-corrected chi connectivity index (χ0v) is 19.4. The number of methoxy groups -OCH3 is 2. The Bertz CT molecular complexity index is 641. The second-order valence-corrected chi connectivity index (χ2v) is 8.47. The van der Waals surface area contributed by atoms with E-state index in [2.05, 4.69) is 18.7 Å². The van der Waals surface area contributed by atoms with Gasteiger partial charge in [-0.2, -0.15) is 0 Å². The lowest BCUT2D eigenvalue weighted by Crippen LogP contribution is -2.47. The molecule has 0 aliphatic carbocycles. The molecule has 0 spiro atoms. The summed E-state index contributed by atoms with van der Waals surface area (Å²) in [4.78, 5) is 32.0. The molecule has 0 amide bonds. The Morgan fingerprint density at radius 1 is 1.00 bits per heavy atom. The average molecular weight is 421 g/mol. The van der Waals surface area contributed by atoms with Crippen molar-refractivity contribution in [2.45, 2.75) is 109 Å². The summed E-state index contributed by atoms with van der Waals surface area (Å²) in [6, 6.07) is 0.468. The number of amidine groups is 1. The van der Waals surface area contributed by atoms with Gasteiger partial charge in [-0.1, -0.05) is 52.4 Å². The van der Waals surface area contributed by atoms with Crippen molar-refractivity contribution in [2.75, 3.05) is 14.2 Å². The summed E-state index contributed by atoms with van der Waals surface area (Å²) in [5.41, 5.74) is 1.44. The predicted molar refractivity (Wildman–Crippen MR) is 119 cm³/mol. The highest BCUT2D eigenvalue weighted by Gasteiger charge is 2.45. The minimum Gasteiger partial charge on any atom is -0.468 e. The summed E-state index contributed by atoms with van der Waals surface area (Å²) in [5, 5.41) is 0. The third-order valence-electron chi connectivity index (χ3n) is 6.23. The second kappa shape index (κ2) is 12.8. The number of aliphatic imine (C=N–C) groups is 1. The number of Topliss-reactive ketones (excluding diaryl/α,β-unsaturated/α-hetero) is 1. The van der Waals surface area contributed by atoms with E-state index >= 15 is 0 Å². The van der Waals surface area contributed by atoms with Crippen molar-refractivity contribution < 1.29 is 19.1 Å². The van der Waals surface area contributed by atoms with Crippen LogP contribution in [0, 0.1) is 0 Å². The minimum absolute atomic E-state index is 0.0358. The van der Waals surface area contributed by atoms with Crippen LogP contribution in [-0.4, -0.2) is 49.0 Å². The second-order valence-electron chi connectivity index (χ2n) is 8.47. The first-order valence-corrected chi connectivity index (χ1v) is 11.8. The molecular formula is C24H40N2O4. The fourth-order valence-electron chi connectivity index (χ4n) is 4.62. The zero-order chi connectivity index (χ0) is 21.9. The van der Waals surface area contributed by atoms with Gasteiger partial charge in [-0.25, -0.2) is 9.79 Å². The third kappa shape index (κ3) is 6.32. The van der Waals surface area contributed by atoms with Crippen molar-refractivity contribution in [3.63, 3.8) is 0 Å². The molecule has 0 N–H and O–H groups in total. The van der Waals surface area contributed by atoms with Crippen molar-refractivity contribution >= 4 is 17.8 Å². The molecule has 0 unspecified atom stereocenters. The number of carbonyl (C=O) groups excluding carboxylic acids is 2. The maximum absolute atomic E-state index is 12.6. The van der Waals surface area contributed by atoms with Crippen LogP contribution in [0.3, 0.4) is 0 Å². The molecule has 1 fully saturated rings. The fraction of sp³-hybridized carbons (Fsp3) is 0.792. The van der Waals surface area contributed by atoms with Crippen LogP contribution >= 0.6 is 0 Å². The summed E-state index contributed by atoms with van der Waals surface area (Å²) in [7, 11) is 3.04. The molecule has 30 heavy (non-hydrogen) atoms. The van der Waals surface area contributed by atoms with Crippen LogP contribution in [-0.2, 0) is 19.1 Å². The van der Waals surface area contributed by atoms with E-state index in [1.807, 2.05) is 0 Å². The van der Waals surface area contributed by atoms with E-state index in [9.17, 15) is 9.59 Å². The summed E-state index contributed by atoms with van der Waals surface area (Å²) in [6.07, 6.45) is 12.5. The molecule has 1 saturated heterocycles. The molecule has 6 heteroatoms. The molecule has 2 rings (SSSR count). The molecule has 0 aromatic heterocycles. The van der Waals surface area contributed by atoms with Gasteiger partial charge in [-0.15, -0.1) is 0 Å². The number of hydrogen-bond donors (Lipinski definition) is 0. The van der Waals surface area contributed by atoms with E-state index < -0.39 is 0 Å². The molecular weight excluding hydrogens is 380 g/mol. The zero-order valence-electron chi connectivity index (χ0n) is 19.4. The quantitative estimate of drug-likeness (QED) is 0.304. The number of ketones is 1. The highest BCUT2D eigenvalue weighted by atomic mass is 16.5. The lowest BCUT2D eigenvalue weighted by Gasteiger charge is -2.36. The first-order valence-electron chi connectivity index (χ1n) is 11.8. The lowest BCUT2D eigenvalue weighted by molar-refractivity contribution is -0.136. The molecule has 6 nitrogen and oxygen atoms in total. The number of allylic oxidation sites excluding steroid dienone is 1. The maximum atomic E-state index is 12.6. The first-order chi connectivity index (χ1) is 14.6. The molecule has 0 bridgehead atoms. The molecule has 170 valence electrons. The largest absolute Gasteiger partial charge is 0.468 e. The van der Waals surface area contributed by atoms with E-state index in [-0.39, 0.29) is 18.1 Å². The van der Waals surface area contributed by atoms with E-state index in [0.29, 0.717) is 30.2 Å². The van der Waals surface area contributed by atoms with Gasteiger partial charge in [0.25, 0.3) is 6.02 Å².